The SMILES string of the molecule is COC1C(O)C(OC2CCC3(C)C(CCC4C3CCC3(C)C(C5=CC(=O)OC5)C(OC(C)=O)CC43O)C2)OC(C)C1OC1OC(COCC2OC(O)C(O)C(O)C2O)C(O)C(O)C1O. The maximum atomic E-state index is 12.9. The van der Waals surface area contributed by atoms with Crippen LogP contribution in [0.15, 0.2) is 11.6 Å². The van der Waals surface area contributed by atoms with Crippen molar-refractivity contribution in [2.24, 2.45) is 34.5 Å². The molecule has 0 aromatic rings. The molecule has 364 valence electrons. The van der Waals surface area contributed by atoms with Gasteiger partial charge in [-0.05, 0) is 80.6 Å². The van der Waals surface area contributed by atoms with Crippen molar-refractivity contribution in [3.63, 3.8) is 0 Å². The highest BCUT2D eigenvalue weighted by molar-refractivity contribution is 5.85. The van der Waals surface area contributed by atoms with Gasteiger partial charge in [0.05, 0.1) is 31.0 Å². The third kappa shape index (κ3) is 8.38. The maximum absolute atomic E-state index is 12.9. The Bertz CT molecular complexity index is 1720. The number of fused-ring (bicyclic) bond motifs is 5. The minimum atomic E-state index is -1.78. The standard InChI is InChI=1S/C44H68O20/c1-18-37(64-40-35(52)33(50)31(48)27(63-40)17-57-16-26-30(47)32(49)34(51)39(54)62-26)38(56-5)36(53)41(59-18)61-22-8-10-42(3)21(13-22)6-7-24-23(42)9-11-43(4)29(20-12-28(46)58-15-20)25(60-19(2)45)14-44(24,43)55/h12,18,21-27,29-41,47-55H,6-11,13-17H2,1-5H3. The predicted octanol–water partition coefficient (Wildman–Crippen LogP) is -1.70. The Morgan fingerprint density at radius 1 is 0.781 bits per heavy atom. The third-order valence-corrected chi connectivity index (χ3v) is 16.8. The van der Waals surface area contributed by atoms with E-state index >= 15 is 0 Å². The number of carbonyl (C=O) groups excluding carboxylic acids is 2. The van der Waals surface area contributed by atoms with Gasteiger partial charge in [0.15, 0.2) is 18.9 Å². The van der Waals surface area contributed by atoms with Crippen LogP contribution in [0.1, 0.15) is 79.1 Å². The van der Waals surface area contributed by atoms with Crippen LogP contribution in [-0.4, -0.2) is 195 Å². The fourth-order valence-corrected chi connectivity index (χ4v) is 13.3. The van der Waals surface area contributed by atoms with Gasteiger partial charge < -0.3 is 88.6 Å². The number of aliphatic hydroxyl groups excluding tert-OH is 8. The molecule has 0 aromatic carbocycles. The smallest absolute Gasteiger partial charge is 0.331 e. The van der Waals surface area contributed by atoms with Gasteiger partial charge >= 0.3 is 11.9 Å². The first-order valence-electron chi connectivity index (χ1n) is 22.8. The number of aliphatic hydroxyl groups is 9. The molecule has 0 aromatic heterocycles. The van der Waals surface area contributed by atoms with E-state index in [0.717, 1.165) is 31.3 Å². The molecule has 0 bridgehead atoms. The molecule has 9 N–H and O–H groups in total. The van der Waals surface area contributed by atoms with Crippen LogP contribution in [0.25, 0.3) is 0 Å². The summed E-state index contributed by atoms with van der Waals surface area (Å²) in [5.41, 5.74) is -1.09. The molecule has 24 unspecified atom stereocenters. The molecule has 4 aliphatic heterocycles. The molecule has 20 nitrogen and oxygen atoms in total. The van der Waals surface area contributed by atoms with Gasteiger partial charge in [-0.25, -0.2) is 4.79 Å². The number of rotatable bonds is 11. The molecular formula is C44H68O20. The van der Waals surface area contributed by atoms with Crippen LogP contribution in [0.5, 0.6) is 0 Å². The first kappa shape index (κ1) is 48.5. The number of ether oxygens (including phenoxy) is 9. The zero-order chi connectivity index (χ0) is 46.2. The zero-order valence-corrected chi connectivity index (χ0v) is 37.0. The highest BCUT2D eigenvalue weighted by Gasteiger charge is 2.71. The number of hydrogen-bond acceptors (Lipinski definition) is 20. The average Bonchev–Trinajstić information content (AvgIpc) is 3.77. The molecule has 7 fully saturated rings. The molecule has 4 saturated carbocycles. The van der Waals surface area contributed by atoms with Crippen molar-refractivity contribution in [2.75, 3.05) is 26.9 Å². The van der Waals surface area contributed by atoms with E-state index < -0.39 is 134 Å². The molecule has 8 rings (SSSR count). The Morgan fingerprint density at radius 2 is 1.45 bits per heavy atom. The molecule has 0 spiro atoms. The molecule has 0 amide bonds. The summed E-state index contributed by atoms with van der Waals surface area (Å²) in [6, 6.07) is 0. The second-order valence-corrected chi connectivity index (χ2v) is 20.2. The maximum Gasteiger partial charge on any atom is 0.331 e. The summed E-state index contributed by atoms with van der Waals surface area (Å²) in [6.07, 6.45) is -15.0. The Balaban J connectivity index is 0.879. The van der Waals surface area contributed by atoms with Crippen LogP contribution >= 0.6 is 0 Å². The van der Waals surface area contributed by atoms with Crippen LogP contribution < -0.4 is 0 Å². The normalized spacial score (nSPS) is 52.8. The van der Waals surface area contributed by atoms with E-state index in [1.807, 2.05) is 0 Å². The summed E-state index contributed by atoms with van der Waals surface area (Å²) in [5.74, 6) is -0.762. The topological polar surface area (TPSA) is 299 Å². The number of carbonyl (C=O) groups is 2. The minimum absolute atomic E-state index is 0.0414. The van der Waals surface area contributed by atoms with Crippen molar-refractivity contribution in [1.82, 2.24) is 0 Å². The van der Waals surface area contributed by atoms with Gasteiger partial charge in [-0.3, -0.25) is 4.79 Å². The van der Waals surface area contributed by atoms with Gasteiger partial charge in [0, 0.05) is 37.9 Å². The van der Waals surface area contributed by atoms with E-state index in [4.69, 9.17) is 42.6 Å². The van der Waals surface area contributed by atoms with Gasteiger partial charge in [-0.1, -0.05) is 13.8 Å². The van der Waals surface area contributed by atoms with Gasteiger partial charge in [0.25, 0.3) is 0 Å². The highest BCUT2D eigenvalue weighted by Crippen LogP contribution is 2.70. The van der Waals surface area contributed by atoms with Crippen LogP contribution in [0.3, 0.4) is 0 Å². The Labute approximate surface area is 371 Å². The molecule has 3 saturated heterocycles. The van der Waals surface area contributed by atoms with Crippen molar-refractivity contribution in [1.29, 1.82) is 0 Å². The average molecular weight is 917 g/mol. The summed E-state index contributed by atoms with van der Waals surface area (Å²) in [5, 5.41) is 96.7. The van der Waals surface area contributed by atoms with Crippen molar-refractivity contribution < 1.29 is 98.2 Å². The number of esters is 2. The van der Waals surface area contributed by atoms with Crippen LogP contribution in [0, 0.1) is 34.5 Å². The number of hydrogen-bond donors (Lipinski definition) is 9. The molecule has 4 heterocycles. The predicted molar refractivity (Wildman–Crippen MR) is 214 cm³/mol. The quantitative estimate of drug-likeness (QED) is 0.0825. The monoisotopic (exact) mass is 916 g/mol. The fraction of sp³-hybridized carbons (Fsp3) is 0.909. The summed E-state index contributed by atoms with van der Waals surface area (Å²) in [7, 11) is 1.38. The molecule has 0 radical (unpaired) electrons. The zero-order valence-electron chi connectivity index (χ0n) is 37.0. The van der Waals surface area contributed by atoms with Crippen molar-refractivity contribution >= 4 is 11.9 Å². The van der Waals surface area contributed by atoms with Crippen LogP contribution in [0.4, 0.5) is 0 Å². The summed E-state index contributed by atoms with van der Waals surface area (Å²) in [6.45, 7) is 6.78. The Kier molecular flexibility index (Phi) is 14.0. The van der Waals surface area contributed by atoms with Gasteiger partial charge in [0.1, 0.15) is 79.9 Å². The highest BCUT2D eigenvalue weighted by atomic mass is 16.7. The summed E-state index contributed by atoms with van der Waals surface area (Å²) < 4.78 is 52.3. The summed E-state index contributed by atoms with van der Waals surface area (Å²) in [4.78, 5) is 24.5. The largest absolute Gasteiger partial charge is 0.462 e. The van der Waals surface area contributed by atoms with Crippen LogP contribution in [-0.2, 0) is 52.2 Å². The lowest BCUT2D eigenvalue weighted by Gasteiger charge is -2.63. The molecule has 4 aliphatic carbocycles. The second kappa shape index (κ2) is 18.5. The van der Waals surface area contributed by atoms with Gasteiger partial charge in [-0.15, -0.1) is 0 Å². The lowest BCUT2D eigenvalue weighted by molar-refractivity contribution is -0.363. The van der Waals surface area contributed by atoms with E-state index in [-0.39, 0.29) is 41.8 Å². The van der Waals surface area contributed by atoms with E-state index in [0.29, 0.717) is 25.7 Å². The van der Waals surface area contributed by atoms with E-state index in [9.17, 15) is 55.5 Å². The molecule has 64 heavy (non-hydrogen) atoms. The van der Waals surface area contributed by atoms with Gasteiger partial charge in [-0.2, -0.15) is 0 Å². The lowest BCUT2D eigenvalue weighted by Crippen LogP contribution is -2.64. The first-order valence-corrected chi connectivity index (χ1v) is 22.8. The fourth-order valence-electron chi connectivity index (χ4n) is 13.3. The molecule has 24 atom stereocenters. The first-order chi connectivity index (χ1) is 30.2. The minimum Gasteiger partial charge on any atom is -0.462 e. The molecule has 20 heteroatoms. The van der Waals surface area contributed by atoms with Crippen molar-refractivity contribution in [2.45, 2.75) is 189 Å². The second-order valence-electron chi connectivity index (χ2n) is 20.2. The summed E-state index contributed by atoms with van der Waals surface area (Å²) >= 11 is 0. The number of methoxy groups -OCH3 is 1. The van der Waals surface area contributed by atoms with Gasteiger partial charge in [0.2, 0.25) is 0 Å². The van der Waals surface area contributed by atoms with Crippen molar-refractivity contribution in [3.05, 3.63) is 11.6 Å². The van der Waals surface area contributed by atoms with E-state index in [1.54, 1.807) is 6.92 Å². The molecule has 8 aliphatic rings. The number of cyclic esters (lactones) is 1. The van der Waals surface area contributed by atoms with Crippen LogP contribution in [0.2, 0.25) is 0 Å². The Hall–Kier alpha value is -1.96. The van der Waals surface area contributed by atoms with E-state index in [2.05, 4.69) is 13.8 Å². The van der Waals surface area contributed by atoms with Crippen molar-refractivity contribution in [3.8, 4) is 0 Å². The Morgan fingerprint density at radius 3 is 2.11 bits per heavy atom. The third-order valence-electron chi connectivity index (χ3n) is 16.8. The lowest BCUT2D eigenvalue weighted by atomic mass is 9.43. The van der Waals surface area contributed by atoms with E-state index in [1.165, 1.54) is 20.1 Å². The molecular weight excluding hydrogens is 848 g/mol.